The van der Waals surface area contributed by atoms with Crippen LogP contribution in [0.3, 0.4) is 0 Å². The zero-order chi connectivity index (χ0) is 10.7. The van der Waals surface area contributed by atoms with Crippen LogP contribution in [0.1, 0.15) is 23.2 Å². The number of halogens is 3. The van der Waals surface area contributed by atoms with Crippen LogP contribution < -0.4 is 5.56 Å². The molecule has 1 heterocycles. The molecule has 1 rings (SSSR count). The Kier molecular flexibility index (Phi) is 3.77. The Balaban J connectivity index is 3.32. The predicted octanol–water partition coefficient (Wildman–Crippen LogP) is 1.70. The molecule has 0 aliphatic carbocycles. The Hall–Kier alpha value is -0.750. The maximum Gasteiger partial charge on any atom is 0.265 e. The lowest BCUT2D eigenvalue weighted by molar-refractivity contribution is 0.146. The van der Waals surface area contributed by atoms with Gasteiger partial charge in [0.15, 0.2) is 0 Å². The van der Waals surface area contributed by atoms with Gasteiger partial charge in [-0.2, -0.15) is 0 Å². The summed E-state index contributed by atoms with van der Waals surface area (Å²) in [6.07, 6.45) is -2.70. The van der Waals surface area contributed by atoms with E-state index in [1.165, 1.54) is 0 Å². The first-order valence-corrected chi connectivity index (χ1v) is 4.92. The number of aliphatic hydroxyl groups is 1. The van der Waals surface area contributed by atoms with Gasteiger partial charge in [0.05, 0.1) is 12.3 Å². The van der Waals surface area contributed by atoms with Crippen LogP contribution in [0, 0.1) is 0 Å². The summed E-state index contributed by atoms with van der Waals surface area (Å²) < 4.78 is 24.8. The van der Waals surface area contributed by atoms with Crippen molar-refractivity contribution in [2.24, 2.45) is 0 Å². The molecule has 0 saturated carbocycles. The summed E-state index contributed by atoms with van der Waals surface area (Å²) in [5, 5.41) is 8.94. The second kappa shape index (κ2) is 4.65. The molecule has 14 heavy (non-hydrogen) atoms. The number of hydrogen-bond donors (Lipinski definition) is 2. The van der Waals surface area contributed by atoms with Crippen molar-refractivity contribution in [3.8, 4) is 0 Å². The Morgan fingerprint density at radius 3 is 2.64 bits per heavy atom. The fourth-order valence-electron chi connectivity index (χ4n) is 1.05. The van der Waals surface area contributed by atoms with E-state index in [4.69, 9.17) is 5.11 Å². The topological polar surface area (TPSA) is 53.1 Å². The maximum atomic E-state index is 12.4. The van der Waals surface area contributed by atoms with Gasteiger partial charge in [-0.25, -0.2) is 8.78 Å². The molecule has 0 atom stereocenters. The van der Waals surface area contributed by atoms with Crippen LogP contribution in [-0.2, 0) is 11.9 Å². The first-order valence-electron chi connectivity index (χ1n) is 3.80. The van der Waals surface area contributed by atoms with Crippen molar-refractivity contribution in [2.75, 3.05) is 0 Å². The van der Waals surface area contributed by atoms with Gasteiger partial charge in [0.2, 0.25) is 0 Å². The first-order chi connectivity index (χ1) is 6.60. The monoisotopic (exact) mass is 267 g/mol. The SMILES string of the molecule is O=c1[nH]c(CO)c(C(F)F)cc1CBr. The van der Waals surface area contributed by atoms with Gasteiger partial charge in [0.1, 0.15) is 0 Å². The van der Waals surface area contributed by atoms with Gasteiger partial charge in [0, 0.05) is 16.5 Å². The maximum absolute atomic E-state index is 12.4. The fourth-order valence-corrected chi connectivity index (χ4v) is 1.47. The second-order valence-electron chi connectivity index (χ2n) is 2.65. The average molecular weight is 268 g/mol. The van der Waals surface area contributed by atoms with Gasteiger partial charge < -0.3 is 10.1 Å². The molecule has 0 saturated heterocycles. The average Bonchev–Trinajstić information content (AvgIpc) is 2.16. The van der Waals surface area contributed by atoms with Crippen LogP contribution in [0.4, 0.5) is 8.78 Å². The molecule has 0 aliphatic rings. The van der Waals surface area contributed by atoms with Crippen LogP contribution in [0.5, 0.6) is 0 Å². The number of aliphatic hydroxyl groups excluding tert-OH is 1. The van der Waals surface area contributed by atoms with Crippen molar-refractivity contribution in [1.29, 1.82) is 0 Å². The molecule has 6 heteroatoms. The van der Waals surface area contributed by atoms with Crippen LogP contribution in [-0.4, -0.2) is 10.1 Å². The summed E-state index contributed by atoms with van der Waals surface area (Å²) in [5.41, 5.74) is -0.705. The van der Waals surface area contributed by atoms with Crippen LogP contribution in [0.25, 0.3) is 0 Å². The van der Waals surface area contributed by atoms with Crippen molar-refractivity contribution in [3.63, 3.8) is 0 Å². The van der Waals surface area contributed by atoms with E-state index < -0.39 is 18.6 Å². The minimum atomic E-state index is -2.70. The minimum Gasteiger partial charge on any atom is -0.390 e. The molecule has 0 radical (unpaired) electrons. The fraction of sp³-hybridized carbons (Fsp3) is 0.375. The highest BCUT2D eigenvalue weighted by Crippen LogP contribution is 2.21. The van der Waals surface area contributed by atoms with Crippen LogP contribution in [0.15, 0.2) is 10.9 Å². The summed E-state index contributed by atoms with van der Waals surface area (Å²) in [4.78, 5) is 13.4. The summed E-state index contributed by atoms with van der Waals surface area (Å²) in [6.45, 7) is -0.600. The Morgan fingerprint density at radius 1 is 1.57 bits per heavy atom. The molecular weight excluding hydrogens is 260 g/mol. The standard InChI is InChI=1S/C8H8BrF2NO2/c9-2-4-1-5(7(10)11)6(3-13)12-8(4)14/h1,7,13H,2-3H2,(H,12,14). The van der Waals surface area contributed by atoms with E-state index in [0.717, 1.165) is 6.07 Å². The van der Waals surface area contributed by atoms with Gasteiger partial charge >= 0.3 is 0 Å². The van der Waals surface area contributed by atoms with E-state index >= 15 is 0 Å². The van der Waals surface area contributed by atoms with Crippen LogP contribution in [0.2, 0.25) is 0 Å². The highest BCUT2D eigenvalue weighted by Gasteiger charge is 2.15. The molecule has 3 nitrogen and oxygen atoms in total. The van der Waals surface area contributed by atoms with Gasteiger partial charge in [0.25, 0.3) is 12.0 Å². The molecule has 0 unspecified atom stereocenters. The molecule has 1 aromatic rings. The lowest BCUT2D eigenvalue weighted by atomic mass is 10.1. The molecule has 0 spiro atoms. The van der Waals surface area contributed by atoms with Gasteiger partial charge in [-0.15, -0.1) is 0 Å². The molecule has 0 amide bonds. The number of aromatic nitrogens is 1. The third-order valence-corrected chi connectivity index (χ3v) is 2.38. The normalized spacial score (nSPS) is 10.9. The lowest BCUT2D eigenvalue weighted by Crippen LogP contribution is -2.16. The van der Waals surface area contributed by atoms with E-state index in [-0.39, 0.29) is 22.2 Å². The van der Waals surface area contributed by atoms with E-state index in [1.807, 2.05) is 0 Å². The predicted molar refractivity (Wildman–Crippen MR) is 50.6 cm³/mol. The lowest BCUT2D eigenvalue weighted by Gasteiger charge is -2.07. The zero-order valence-corrected chi connectivity index (χ0v) is 8.64. The number of hydrogen-bond acceptors (Lipinski definition) is 2. The van der Waals surface area contributed by atoms with Crippen molar-refractivity contribution >= 4 is 15.9 Å². The summed E-state index contributed by atoms with van der Waals surface area (Å²) in [5.74, 6) is 0. The smallest absolute Gasteiger partial charge is 0.265 e. The van der Waals surface area contributed by atoms with Crippen molar-refractivity contribution < 1.29 is 13.9 Å². The molecular formula is C8H8BrF2NO2. The number of rotatable bonds is 3. The minimum absolute atomic E-state index is 0.130. The molecule has 1 aromatic heterocycles. The quantitative estimate of drug-likeness (QED) is 0.820. The second-order valence-corrected chi connectivity index (χ2v) is 3.21. The number of aromatic amines is 1. The highest BCUT2D eigenvalue weighted by atomic mass is 79.9. The third kappa shape index (κ3) is 2.19. The van der Waals surface area contributed by atoms with Crippen molar-refractivity contribution in [3.05, 3.63) is 33.2 Å². The summed E-state index contributed by atoms with van der Waals surface area (Å²) in [7, 11) is 0. The van der Waals surface area contributed by atoms with Crippen LogP contribution >= 0.6 is 15.9 Å². The van der Waals surface area contributed by atoms with E-state index in [2.05, 4.69) is 20.9 Å². The Labute approximate surface area is 86.9 Å². The Bertz CT molecular complexity index is 378. The summed E-state index contributed by atoms with van der Waals surface area (Å²) >= 11 is 3.01. The molecule has 0 fully saturated rings. The van der Waals surface area contributed by atoms with E-state index in [1.54, 1.807) is 0 Å². The molecule has 0 bridgehead atoms. The van der Waals surface area contributed by atoms with E-state index in [9.17, 15) is 13.6 Å². The third-order valence-electron chi connectivity index (χ3n) is 1.77. The summed E-state index contributed by atoms with van der Waals surface area (Å²) in [6, 6.07) is 1.10. The number of nitrogens with one attached hydrogen (secondary N) is 1. The number of pyridine rings is 1. The van der Waals surface area contributed by atoms with Crippen molar-refractivity contribution in [1.82, 2.24) is 4.98 Å². The molecule has 0 aliphatic heterocycles. The first kappa shape index (κ1) is 11.3. The molecule has 0 aromatic carbocycles. The largest absolute Gasteiger partial charge is 0.390 e. The van der Waals surface area contributed by atoms with E-state index in [0.29, 0.717) is 0 Å². The molecule has 78 valence electrons. The van der Waals surface area contributed by atoms with Crippen molar-refractivity contribution in [2.45, 2.75) is 18.4 Å². The molecule has 2 N–H and O–H groups in total. The zero-order valence-electron chi connectivity index (χ0n) is 7.06. The van der Waals surface area contributed by atoms with Gasteiger partial charge in [-0.1, -0.05) is 15.9 Å². The van der Waals surface area contributed by atoms with Gasteiger partial charge in [-0.3, -0.25) is 4.79 Å². The van der Waals surface area contributed by atoms with Gasteiger partial charge in [-0.05, 0) is 6.07 Å². The Morgan fingerprint density at radius 2 is 2.21 bits per heavy atom. The highest BCUT2D eigenvalue weighted by molar-refractivity contribution is 9.08. The number of H-pyrrole nitrogens is 1. The number of alkyl halides is 3.